The van der Waals surface area contributed by atoms with E-state index >= 15 is 0 Å². The molecule has 7 nitrogen and oxygen atoms in total. The molecule has 0 aromatic heterocycles. The average molecular weight is 166 g/mol. The third-order valence-electron chi connectivity index (χ3n) is 0.495. The molecule has 0 radical (unpaired) electrons. The molecule has 0 aliphatic heterocycles. The summed E-state index contributed by atoms with van der Waals surface area (Å²) in [5.74, 6) is 0. The Morgan fingerprint density at radius 1 is 1.60 bits per heavy atom. The topological polar surface area (TPSA) is 119 Å². The highest BCUT2D eigenvalue weighted by atomic mass is 32.2. The van der Waals surface area contributed by atoms with Gasteiger partial charge in [0.15, 0.2) is 0 Å². The van der Waals surface area contributed by atoms with Crippen LogP contribution in [0.25, 0.3) is 0 Å². The fraction of sp³-hybridized carbons (Fsp3) is 0. The fourth-order valence-corrected chi connectivity index (χ4v) is 0.494. The van der Waals surface area contributed by atoms with Crippen LogP contribution in [-0.4, -0.2) is 28.5 Å². The molecular weight excluding hydrogens is 164 g/mol. The molecule has 0 rings (SSSR count). The maximum atomic E-state index is 9.88. The van der Waals surface area contributed by atoms with Gasteiger partial charge in [0.05, 0.1) is 0 Å². The Bertz CT molecular complexity index is 273. The largest absolute Gasteiger partial charge is 0.463 e. The predicted molar refractivity (Wildman–Crippen MR) is 27.0 cm³/mol. The first kappa shape index (κ1) is 8.67. The predicted octanol–water partition coefficient (Wildman–Crippen LogP) is -0.750. The molecule has 1 amide bonds. The first-order valence-corrected chi connectivity index (χ1v) is 3.19. The smallest absolute Gasteiger partial charge is 0.436 e. The first-order valence-electron chi connectivity index (χ1n) is 1.80. The van der Waals surface area contributed by atoms with E-state index in [1.165, 1.54) is 0 Å². The third-order valence-corrected chi connectivity index (χ3v) is 1.19. The second-order valence-corrected chi connectivity index (χ2v) is 2.39. The van der Waals surface area contributed by atoms with Crippen molar-refractivity contribution in [3.8, 4) is 6.19 Å². The summed E-state index contributed by atoms with van der Waals surface area (Å²) in [4.78, 5) is 9.74. The van der Waals surface area contributed by atoms with Gasteiger partial charge in [-0.3, -0.25) is 4.55 Å². The second-order valence-electron chi connectivity index (χ2n) is 1.12. The van der Waals surface area contributed by atoms with Crippen LogP contribution in [0.1, 0.15) is 0 Å². The molecule has 0 atom stereocenters. The molecule has 0 aliphatic carbocycles. The quantitative estimate of drug-likeness (QED) is 0.300. The van der Waals surface area contributed by atoms with E-state index in [0.717, 1.165) is 6.19 Å². The lowest BCUT2D eigenvalue weighted by atomic mass is 11.1. The molecule has 0 saturated heterocycles. The summed E-state index contributed by atoms with van der Waals surface area (Å²) >= 11 is 0. The molecule has 0 spiro atoms. The van der Waals surface area contributed by atoms with Crippen molar-refractivity contribution in [1.82, 2.24) is 4.31 Å². The maximum absolute atomic E-state index is 9.88. The number of carboxylic acid groups (broad SMARTS) is 1. The second kappa shape index (κ2) is 2.51. The van der Waals surface area contributed by atoms with Crippen LogP contribution in [0.3, 0.4) is 0 Å². The van der Waals surface area contributed by atoms with Crippen molar-refractivity contribution in [3.05, 3.63) is 0 Å². The standard InChI is InChI=1S/C2H2N2O5S/c3-1-4(2(5)6)10(7,8)9/h(H,5,6)(H,7,8,9). The molecule has 0 aliphatic rings. The number of hydrogen-bond acceptors (Lipinski definition) is 4. The fourth-order valence-electron chi connectivity index (χ4n) is 0.193. The van der Waals surface area contributed by atoms with Gasteiger partial charge in [0.2, 0.25) is 6.19 Å². The van der Waals surface area contributed by atoms with Crippen LogP contribution in [0.4, 0.5) is 4.79 Å². The molecule has 0 heterocycles. The monoisotopic (exact) mass is 166 g/mol. The average Bonchev–Trinajstić information content (AvgIpc) is 1.60. The van der Waals surface area contributed by atoms with Crippen LogP contribution in [0.15, 0.2) is 0 Å². The van der Waals surface area contributed by atoms with Gasteiger partial charge in [-0.2, -0.15) is 13.7 Å². The summed E-state index contributed by atoms with van der Waals surface area (Å²) in [6.07, 6.45) is -1.31. The van der Waals surface area contributed by atoms with E-state index in [2.05, 4.69) is 0 Å². The Labute approximate surface area is 56.0 Å². The number of carbonyl (C=O) groups is 1. The van der Waals surface area contributed by atoms with Gasteiger partial charge in [-0.25, -0.2) is 4.79 Å². The first-order chi connectivity index (χ1) is 4.39. The van der Waals surface area contributed by atoms with Crippen LogP contribution >= 0.6 is 0 Å². The molecule has 2 N–H and O–H groups in total. The number of hydrogen-bond donors (Lipinski definition) is 2. The van der Waals surface area contributed by atoms with Gasteiger partial charge in [-0.05, 0) is 0 Å². The van der Waals surface area contributed by atoms with Crippen molar-refractivity contribution in [3.63, 3.8) is 0 Å². The summed E-state index contributed by atoms with van der Waals surface area (Å²) in [7, 11) is -4.94. The summed E-state index contributed by atoms with van der Waals surface area (Å²) in [5, 5.41) is 15.7. The lowest BCUT2D eigenvalue weighted by Gasteiger charge is -2.01. The van der Waals surface area contributed by atoms with E-state index in [4.69, 9.17) is 14.9 Å². The van der Waals surface area contributed by atoms with Gasteiger partial charge < -0.3 is 5.11 Å². The molecule has 0 fully saturated rings. The summed E-state index contributed by atoms with van der Waals surface area (Å²) in [6.45, 7) is 0. The molecule has 56 valence electrons. The molecule has 0 unspecified atom stereocenters. The van der Waals surface area contributed by atoms with Crippen LogP contribution in [0.5, 0.6) is 0 Å². The normalized spacial score (nSPS) is 10.0. The maximum Gasteiger partial charge on any atom is 0.436 e. The Balaban J connectivity index is 4.78. The zero-order chi connectivity index (χ0) is 8.36. The van der Waals surface area contributed by atoms with Crippen molar-refractivity contribution >= 4 is 16.4 Å². The van der Waals surface area contributed by atoms with E-state index in [1.54, 1.807) is 0 Å². The SMILES string of the molecule is N#CN(C(=O)O)S(=O)(=O)O. The number of amides is 1. The minimum Gasteiger partial charge on any atom is -0.463 e. The number of rotatable bonds is 1. The number of nitriles is 1. The molecule has 10 heavy (non-hydrogen) atoms. The molecule has 0 bridgehead atoms. The van der Waals surface area contributed by atoms with Crippen molar-refractivity contribution in [1.29, 1.82) is 5.26 Å². The van der Waals surface area contributed by atoms with E-state index in [1.807, 2.05) is 0 Å². The van der Waals surface area contributed by atoms with Crippen LogP contribution < -0.4 is 0 Å². The summed E-state index contributed by atoms with van der Waals surface area (Å²) in [5.41, 5.74) is 0. The number of nitrogens with zero attached hydrogens (tertiary/aromatic N) is 2. The Hall–Kier alpha value is -1.33. The van der Waals surface area contributed by atoms with E-state index in [-0.39, 0.29) is 0 Å². The molecule has 0 saturated carbocycles. The van der Waals surface area contributed by atoms with Gasteiger partial charge in [0.1, 0.15) is 0 Å². The third kappa shape index (κ3) is 1.88. The van der Waals surface area contributed by atoms with Gasteiger partial charge in [-0.1, -0.05) is 4.31 Å². The lowest BCUT2D eigenvalue weighted by molar-refractivity contribution is 0.181. The minimum absolute atomic E-state index is 0.737. The van der Waals surface area contributed by atoms with Crippen molar-refractivity contribution in [2.75, 3.05) is 0 Å². The van der Waals surface area contributed by atoms with Crippen LogP contribution in [0.2, 0.25) is 0 Å². The zero-order valence-electron chi connectivity index (χ0n) is 4.42. The molecule has 0 aromatic rings. The van der Waals surface area contributed by atoms with Crippen LogP contribution in [-0.2, 0) is 10.3 Å². The summed E-state index contributed by atoms with van der Waals surface area (Å²) in [6, 6.07) is 0. The van der Waals surface area contributed by atoms with Gasteiger partial charge in [-0.15, -0.1) is 0 Å². The van der Waals surface area contributed by atoms with Crippen molar-refractivity contribution in [2.45, 2.75) is 0 Å². The van der Waals surface area contributed by atoms with E-state index in [9.17, 15) is 13.2 Å². The van der Waals surface area contributed by atoms with Crippen molar-refractivity contribution < 1.29 is 22.9 Å². The van der Waals surface area contributed by atoms with Crippen LogP contribution in [0, 0.1) is 11.5 Å². The summed E-state index contributed by atoms with van der Waals surface area (Å²) < 4.78 is 26.9. The highest BCUT2D eigenvalue weighted by molar-refractivity contribution is 7.84. The Morgan fingerprint density at radius 3 is 2.00 bits per heavy atom. The van der Waals surface area contributed by atoms with Gasteiger partial charge >= 0.3 is 16.4 Å². The molecule has 8 heteroatoms. The minimum atomic E-state index is -4.94. The highest BCUT2D eigenvalue weighted by Gasteiger charge is 2.24. The van der Waals surface area contributed by atoms with E-state index in [0.29, 0.717) is 0 Å². The molecular formula is C2H2N2O5S. The van der Waals surface area contributed by atoms with Gasteiger partial charge in [0, 0.05) is 0 Å². The van der Waals surface area contributed by atoms with Crippen molar-refractivity contribution in [2.24, 2.45) is 0 Å². The highest BCUT2D eigenvalue weighted by Crippen LogP contribution is 1.93. The zero-order valence-corrected chi connectivity index (χ0v) is 5.24. The molecule has 0 aromatic carbocycles. The van der Waals surface area contributed by atoms with Gasteiger partial charge in [0.25, 0.3) is 0 Å². The van der Waals surface area contributed by atoms with E-state index < -0.39 is 20.7 Å². The lowest BCUT2D eigenvalue weighted by Crippen LogP contribution is -2.30. The Kier molecular flexibility index (Phi) is 2.17. The Morgan fingerprint density at radius 2 is 2.00 bits per heavy atom.